The molecule has 0 spiro atoms. The third kappa shape index (κ3) is 3.90. The van der Waals surface area contributed by atoms with Crippen LogP contribution in [0, 0.1) is 0 Å². The fourth-order valence-corrected chi connectivity index (χ4v) is 3.58. The van der Waals surface area contributed by atoms with E-state index >= 15 is 0 Å². The molecule has 0 bridgehead atoms. The molecule has 1 saturated carbocycles. The number of rotatable bonds is 5. The SMILES string of the molecule is COc1ccc(NC2CCC(Oc3ccc4cnccc4c3)CC2)cc1. The second-order valence-corrected chi connectivity index (χ2v) is 6.85. The lowest BCUT2D eigenvalue weighted by Gasteiger charge is -2.30. The summed E-state index contributed by atoms with van der Waals surface area (Å²) in [7, 11) is 1.69. The van der Waals surface area contributed by atoms with Crippen LogP contribution in [0.15, 0.2) is 60.9 Å². The van der Waals surface area contributed by atoms with E-state index in [4.69, 9.17) is 9.47 Å². The van der Waals surface area contributed by atoms with Crippen LogP contribution in [0.3, 0.4) is 0 Å². The van der Waals surface area contributed by atoms with Crippen molar-refractivity contribution in [1.29, 1.82) is 0 Å². The average molecular weight is 348 g/mol. The standard InChI is InChI=1S/C22H24N2O2/c1-25-20-8-3-18(4-9-20)24-19-5-10-21(11-6-19)26-22-7-2-17-15-23-13-12-16(17)14-22/h2-4,7-9,12-15,19,21,24H,5-6,10-11H2,1H3. The van der Waals surface area contributed by atoms with E-state index in [0.717, 1.165) is 48.3 Å². The Morgan fingerprint density at radius 3 is 2.42 bits per heavy atom. The molecule has 1 aliphatic carbocycles. The van der Waals surface area contributed by atoms with Gasteiger partial charge in [0.2, 0.25) is 0 Å². The summed E-state index contributed by atoms with van der Waals surface area (Å²) < 4.78 is 11.4. The van der Waals surface area contributed by atoms with Gasteiger partial charge in [0.05, 0.1) is 13.2 Å². The minimum Gasteiger partial charge on any atom is -0.497 e. The summed E-state index contributed by atoms with van der Waals surface area (Å²) in [5.41, 5.74) is 1.15. The second-order valence-electron chi connectivity index (χ2n) is 6.85. The van der Waals surface area contributed by atoms with Crippen LogP contribution >= 0.6 is 0 Å². The van der Waals surface area contributed by atoms with Crippen LogP contribution < -0.4 is 14.8 Å². The number of pyridine rings is 1. The van der Waals surface area contributed by atoms with E-state index in [1.807, 2.05) is 36.7 Å². The highest BCUT2D eigenvalue weighted by Gasteiger charge is 2.22. The van der Waals surface area contributed by atoms with Gasteiger partial charge in [0.1, 0.15) is 11.5 Å². The first-order valence-corrected chi connectivity index (χ1v) is 9.21. The third-order valence-electron chi connectivity index (χ3n) is 5.05. The Morgan fingerprint density at radius 2 is 1.65 bits per heavy atom. The molecule has 4 heteroatoms. The van der Waals surface area contributed by atoms with Gasteiger partial charge in [-0.05, 0) is 79.6 Å². The van der Waals surface area contributed by atoms with Crippen molar-refractivity contribution in [3.05, 3.63) is 60.9 Å². The zero-order valence-electron chi connectivity index (χ0n) is 15.0. The van der Waals surface area contributed by atoms with Crippen LogP contribution in [0.4, 0.5) is 5.69 Å². The van der Waals surface area contributed by atoms with Gasteiger partial charge in [-0.2, -0.15) is 0 Å². The van der Waals surface area contributed by atoms with Crippen LogP contribution in [-0.2, 0) is 0 Å². The molecular weight excluding hydrogens is 324 g/mol. The summed E-state index contributed by atoms with van der Waals surface area (Å²) in [6.45, 7) is 0. The van der Waals surface area contributed by atoms with E-state index in [9.17, 15) is 0 Å². The monoisotopic (exact) mass is 348 g/mol. The van der Waals surface area contributed by atoms with Gasteiger partial charge in [-0.3, -0.25) is 4.98 Å². The fourth-order valence-electron chi connectivity index (χ4n) is 3.58. The molecule has 134 valence electrons. The number of benzene rings is 2. The number of anilines is 1. The Morgan fingerprint density at radius 1 is 0.885 bits per heavy atom. The molecule has 0 unspecified atom stereocenters. The lowest BCUT2D eigenvalue weighted by molar-refractivity contribution is 0.150. The predicted octanol–water partition coefficient (Wildman–Crippen LogP) is 5.05. The summed E-state index contributed by atoms with van der Waals surface area (Å²) in [4.78, 5) is 4.16. The molecule has 1 aliphatic rings. The van der Waals surface area contributed by atoms with Crippen LogP contribution in [0.1, 0.15) is 25.7 Å². The molecule has 1 heterocycles. The molecule has 3 aromatic rings. The minimum atomic E-state index is 0.295. The van der Waals surface area contributed by atoms with Gasteiger partial charge < -0.3 is 14.8 Å². The normalized spacial score (nSPS) is 19.9. The van der Waals surface area contributed by atoms with Gasteiger partial charge in [0.15, 0.2) is 0 Å². The molecule has 1 fully saturated rings. The molecule has 2 aromatic carbocycles. The van der Waals surface area contributed by atoms with Gasteiger partial charge >= 0.3 is 0 Å². The summed E-state index contributed by atoms with van der Waals surface area (Å²) in [5.74, 6) is 1.84. The predicted molar refractivity (Wildman–Crippen MR) is 105 cm³/mol. The first-order valence-electron chi connectivity index (χ1n) is 9.21. The van der Waals surface area contributed by atoms with Crippen molar-refractivity contribution in [1.82, 2.24) is 4.98 Å². The van der Waals surface area contributed by atoms with Crippen LogP contribution in [0.2, 0.25) is 0 Å². The number of nitrogens with zero attached hydrogens (tertiary/aromatic N) is 1. The summed E-state index contributed by atoms with van der Waals surface area (Å²) in [6, 6.07) is 16.9. The maximum atomic E-state index is 6.23. The Bertz CT molecular complexity index is 855. The molecule has 26 heavy (non-hydrogen) atoms. The quantitative estimate of drug-likeness (QED) is 0.701. The maximum Gasteiger partial charge on any atom is 0.120 e. The van der Waals surface area contributed by atoms with Gasteiger partial charge in [0, 0.05) is 29.5 Å². The molecule has 0 aliphatic heterocycles. The first-order chi connectivity index (χ1) is 12.8. The van der Waals surface area contributed by atoms with Crippen LogP contribution in [0.25, 0.3) is 10.8 Å². The second kappa shape index (κ2) is 7.65. The highest BCUT2D eigenvalue weighted by Crippen LogP contribution is 2.28. The van der Waals surface area contributed by atoms with Crippen LogP contribution in [-0.4, -0.2) is 24.2 Å². The molecule has 1 aromatic heterocycles. The fraction of sp³-hybridized carbons (Fsp3) is 0.318. The molecule has 1 N–H and O–H groups in total. The lowest BCUT2D eigenvalue weighted by atomic mass is 9.92. The van der Waals surface area contributed by atoms with Gasteiger partial charge in [-0.25, -0.2) is 0 Å². The Kier molecular flexibility index (Phi) is 4.91. The van der Waals surface area contributed by atoms with E-state index in [0.29, 0.717) is 12.1 Å². The largest absolute Gasteiger partial charge is 0.497 e. The van der Waals surface area contributed by atoms with Crippen molar-refractivity contribution in [2.45, 2.75) is 37.8 Å². The number of aromatic nitrogens is 1. The highest BCUT2D eigenvalue weighted by atomic mass is 16.5. The summed E-state index contributed by atoms with van der Waals surface area (Å²) in [6.07, 6.45) is 8.38. The van der Waals surface area contributed by atoms with Gasteiger partial charge in [-0.1, -0.05) is 0 Å². The van der Waals surface area contributed by atoms with Crippen molar-refractivity contribution >= 4 is 16.5 Å². The molecule has 0 saturated heterocycles. The molecule has 4 rings (SSSR count). The smallest absolute Gasteiger partial charge is 0.120 e. The van der Waals surface area contributed by atoms with E-state index in [1.165, 1.54) is 5.39 Å². The summed E-state index contributed by atoms with van der Waals surface area (Å²) >= 11 is 0. The number of hydrogen-bond donors (Lipinski definition) is 1. The first kappa shape index (κ1) is 16.7. The Balaban J connectivity index is 1.31. The zero-order valence-corrected chi connectivity index (χ0v) is 15.0. The van der Waals surface area contributed by atoms with E-state index in [-0.39, 0.29) is 0 Å². The van der Waals surface area contributed by atoms with Crippen molar-refractivity contribution in [3.8, 4) is 11.5 Å². The topological polar surface area (TPSA) is 43.4 Å². The number of fused-ring (bicyclic) bond motifs is 1. The maximum absolute atomic E-state index is 6.23. The molecule has 4 nitrogen and oxygen atoms in total. The number of hydrogen-bond acceptors (Lipinski definition) is 4. The third-order valence-corrected chi connectivity index (χ3v) is 5.05. The van der Waals surface area contributed by atoms with Gasteiger partial charge in [0.25, 0.3) is 0 Å². The molecule has 0 radical (unpaired) electrons. The van der Waals surface area contributed by atoms with Gasteiger partial charge in [-0.15, -0.1) is 0 Å². The Hall–Kier alpha value is -2.75. The molecular formula is C22H24N2O2. The van der Waals surface area contributed by atoms with Crippen molar-refractivity contribution < 1.29 is 9.47 Å². The highest BCUT2D eigenvalue weighted by molar-refractivity contribution is 5.82. The number of ether oxygens (including phenoxy) is 2. The number of methoxy groups -OCH3 is 1. The minimum absolute atomic E-state index is 0.295. The number of nitrogens with one attached hydrogen (secondary N) is 1. The lowest BCUT2D eigenvalue weighted by Crippen LogP contribution is -2.31. The summed E-state index contributed by atoms with van der Waals surface area (Å²) in [5, 5.41) is 5.94. The average Bonchev–Trinajstić information content (AvgIpc) is 2.70. The van der Waals surface area contributed by atoms with E-state index in [2.05, 4.69) is 34.6 Å². The van der Waals surface area contributed by atoms with E-state index < -0.39 is 0 Å². The molecule has 0 amide bonds. The zero-order chi connectivity index (χ0) is 17.8. The molecule has 0 atom stereocenters. The van der Waals surface area contributed by atoms with Crippen LogP contribution in [0.5, 0.6) is 11.5 Å². The van der Waals surface area contributed by atoms with Crippen molar-refractivity contribution in [2.24, 2.45) is 0 Å². The Labute approximate surface area is 154 Å². The van der Waals surface area contributed by atoms with E-state index in [1.54, 1.807) is 7.11 Å². The van der Waals surface area contributed by atoms with Crippen molar-refractivity contribution in [2.75, 3.05) is 12.4 Å². The van der Waals surface area contributed by atoms with Crippen molar-refractivity contribution in [3.63, 3.8) is 0 Å².